The molecular weight excluding hydrogens is 411 g/mol. The first kappa shape index (κ1) is 20.7. The van der Waals surface area contributed by atoms with Crippen LogP contribution in [0.4, 0.5) is 8.78 Å². The van der Waals surface area contributed by atoms with E-state index in [1.165, 1.54) is 26.3 Å². The van der Waals surface area contributed by atoms with E-state index in [2.05, 4.69) is 10.4 Å². The van der Waals surface area contributed by atoms with E-state index < -0.39 is 24.1 Å². The van der Waals surface area contributed by atoms with E-state index in [0.29, 0.717) is 20.6 Å². The average Bonchev–Trinajstić information content (AvgIpc) is 2.87. The van der Waals surface area contributed by atoms with Crippen LogP contribution >= 0.6 is 34.8 Å². The quantitative estimate of drug-likeness (QED) is 0.729. The Kier molecular flexibility index (Phi) is 6.71. The number of methoxy groups -OCH3 is 1. The van der Waals surface area contributed by atoms with E-state index in [-0.39, 0.29) is 17.9 Å². The van der Waals surface area contributed by atoms with E-state index >= 15 is 0 Å². The minimum atomic E-state index is -2.88. The lowest BCUT2D eigenvalue weighted by Gasteiger charge is -2.16. The van der Waals surface area contributed by atoms with Crippen molar-refractivity contribution < 1.29 is 18.3 Å². The van der Waals surface area contributed by atoms with Gasteiger partial charge < -0.3 is 10.1 Å². The lowest BCUT2D eigenvalue weighted by atomic mass is 10.1. The fourth-order valence-electron chi connectivity index (χ4n) is 2.54. The SMILES string of the molecule is COc1nn(C)c(C(F)F)c1C(=O)NC(C)Cc1c(Cl)cc(Cl)cc1Cl. The van der Waals surface area contributed by atoms with Crippen LogP contribution in [0.5, 0.6) is 5.88 Å². The van der Waals surface area contributed by atoms with Gasteiger partial charge in [0, 0.05) is 28.2 Å². The van der Waals surface area contributed by atoms with Crippen molar-refractivity contribution in [1.82, 2.24) is 15.1 Å². The van der Waals surface area contributed by atoms with Crippen LogP contribution in [0, 0.1) is 0 Å². The Labute approximate surface area is 164 Å². The molecule has 26 heavy (non-hydrogen) atoms. The maximum Gasteiger partial charge on any atom is 0.280 e. The Morgan fingerprint density at radius 3 is 2.38 bits per heavy atom. The number of ether oxygens (including phenoxy) is 1. The molecule has 1 aromatic carbocycles. The van der Waals surface area contributed by atoms with Crippen LogP contribution in [0.1, 0.15) is 35.0 Å². The van der Waals surface area contributed by atoms with Crippen molar-refractivity contribution in [1.29, 1.82) is 0 Å². The monoisotopic (exact) mass is 425 g/mol. The molecule has 2 aromatic rings. The van der Waals surface area contributed by atoms with Crippen LogP contribution in [0.25, 0.3) is 0 Å². The summed E-state index contributed by atoms with van der Waals surface area (Å²) in [5.74, 6) is -0.894. The molecule has 0 aliphatic carbocycles. The summed E-state index contributed by atoms with van der Waals surface area (Å²) in [6.45, 7) is 1.70. The van der Waals surface area contributed by atoms with Crippen molar-refractivity contribution in [3.63, 3.8) is 0 Å². The molecule has 1 atom stereocenters. The largest absolute Gasteiger partial charge is 0.479 e. The third-order valence-corrected chi connectivity index (χ3v) is 4.57. The third-order valence-electron chi connectivity index (χ3n) is 3.68. The zero-order valence-electron chi connectivity index (χ0n) is 14.1. The summed E-state index contributed by atoms with van der Waals surface area (Å²) in [5, 5.41) is 7.54. The number of rotatable bonds is 6. The van der Waals surface area contributed by atoms with Crippen LogP contribution in [0.3, 0.4) is 0 Å². The molecule has 1 heterocycles. The van der Waals surface area contributed by atoms with E-state index in [9.17, 15) is 13.6 Å². The number of carbonyl (C=O) groups excluding carboxylic acids is 1. The van der Waals surface area contributed by atoms with Gasteiger partial charge in [0.1, 0.15) is 11.3 Å². The molecule has 0 radical (unpaired) electrons. The third kappa shape index (κ3) is 4.39. The molecule has 1 N–H and O–H groups in total. The second kappa shape index (κ2) is 8.41. The number of carbonyl (C=O) groups is 1. The van der Waals surface area contributed by atoms with Gasteiger partial charge in [-0.2, -0.15) is 0 Å². The number of hydrogen-bond donors (Lipinski definition) is 1. The maximum absolute atomic E-state index is 13.3. The summed E-state index contributed by atoms with van der Waals surface area (Å²) in [4.78, 5) is 12.5. The first-order chi connectivity index (χ1) is 12.1. The Hall–Kier alpha value is -1.57. The number of benzene rings is 1. The lowest BCUT2D eigenvalue weighted by molar-refractivity contribution is 0.0920. The highest BCUT2D eigenvalue weighted by Gasteiger charge is 2.29. The maximum atomic E-state index is 13.3. The molecule has 0 saturated carbocycles. The Morgan fingerprint density at radius 1 is 1.31 bits per heavy atom. The Balaban J connectivity index is 2.23. The van der Waals surface area contributed by atoms with Gasteiger partial charge in [0.2, 0.25) is 5.88 Å². The van der Waals surface area contributed by atoms with Crippen LogP contribution in [-0.2, 0) is 13.5 Å². The molecule has 142 valence electrons. The van der Waals surface area contributed by atoms with Crippen molar-refractivity contribution in [3.05, 3.63) is 44.0 Å². The molecule has 0 aliphatic rings. The molecular formula is C16H16Cl3F2N3O2. The predicted molar refractivity (Wildman–Crippen MR) is 96.8 cm³/mol. The van der Waals surface area contributed by atoms with Crippen LogP contribution < -0.4 is 10.1 Å². The molecule has 0 bridgehead atoms. The van der Waals surface area contributed by atoms with Crippen LogP contribution in [0.2, 0.25) is 15.1 Å². The van der Waals surface area contributed by atoms with Crippen molar-refractivity contribution in [2.24, 2.45) is 7.05 Å². The molecule has 5 nitrogen and oxygen atoms in total. The van der Waals surface area contributed by atoms with Gasteiger partial charge in [-0.15, -0.1) is 5.10 Å². The lowest BCUT2D eigenvalue weighted by Crippen LogP contribution is -2.35. The van der Waals surface area contributed by atoms with Crippen molar-refractivity contribution in [3.8, 4) is 5.88 Å². The fraction of sp³-hybridized carbons (Fsp3) is 0.375. The van der Waals surface area contributed by atoms with E-state index in [4.69, 9.17) is 39.5 Å². The Bertz CT molecular complexity index is 804. The summed E-state index contributed by atoms with van der Waals surface area (Å²) in [5.41, 5.74) is -0.225. The zero-order chi connectivity index (χ0) is 19.6. The topological polar surface area (TPSA) is 56.2 Å². The highest BCUT2D eigenvalue weighted by atomic mass is 35.5. The normalized spacial score (nSPS) is 12.3. The number of halogens is 5. The number of aromatic nitrogens is 2. The predicted octanol–water partition coefficient (Wildman–Crippen LogP) is 4.69. The molecule has 0 spiro atoms. The van der Waals surface area contributed by atoms with Gasteiger partial charge in [0.15, 0.2) is 0 Å². The van der Waals surface area contributed by atoms with Gasteiger partial charge in [-0.3, -0.25) is 9.48 Å². The number of nitrogens with one attached hydrogen (secondary N) is 1. The summed E-state index contributed by atoms with van der Waals surface area (Å²) in [6, 6.07) is 2.63. The van der Waals surface area contributed by atoms with Crippen molar-refractivity contribution >= 4 is 40.7 Å². The standard InChI is InChI=1S/C16H16Cl3F2N3O2/c1-7(4-9-10(18)5-8(17)6-11(9)19)22-15(25)12-13(14(20)21)24(2)23-16(12)26-3/h5-7,14H,4H2,1-3H3,(H,22,25). The molecule has 1 amide bonds. The van der Waals surface area contributed by atoms with Crippen LogP contribution in [0.15, 0.2) is 12.1 Å². The molecule has 2 rings (SSSR count). The highest BCUT2D eigenvalue weighted by Crippen LogP contribution is 2.31. The number of hydrogen-bond acceptors (Lipinski definition) is 3. The van der Waals surface area contributed by atoms with Crippen molar-refractivity contribution in [2.75, 3.05) is 7.11 Å². The van der Waals surface area contributed by atoms with Gasteiger partial charge in [0.05, 0.1) is 7.11 Å². The van der Waals surface area contributed by atoms with E-state index in [1.807, 2.05) is 0 Å². The summed E-state index contributed by atoms with van der Waals surface area (Å²) in [6.07, 6.45) is -2.60. The zero-order valence-corrected chi connectivity index (χ0v) is 16.4. The summed E-state index contributed by atoms with van der Waals surface area (Å²) < 4.78 is 32.4. The molecule has 1 unspecified atom stereocenters. The second-order valence-electron chi connectivity index (χ2n) is 5.62. The van der Waals surface area contributed by atoms with Gasteiger partial charge in [-0.1, -0.05) is 34.8 Å². The number of alkyl halides is 2. The Morgan fingerprint density at radius 2 is 1.88 bits per heavy atom. The fourth-order valence-corrected chi connectivity index (χ4v) is 3.51. The highest BCUT2D eigenvalue weighted by molar-refractivity contribution is 6.39. The average molecular weight is 427 g/mol. The van der Waals surface area contributed by atoms with Gasteiger partial charge in [-0.25, -0.2) is 8.78 Å². The number of nitrogens with zero attached hydrogens (tertiary/aromatic N) is 2. The minimum absolute atomic E-state index is 0.171. The van der Waals surface area contributed by atoms with Gasteiger partial charge in [-0.05, 0) is 31.0 Å². The van der Waals surface area contributed by atoms with E-state index in [0.717, 1.165) is 4.68 Å². The molecule has 0 saturated heterocycles. The molecule has 0 fully saturated rings. The van der Waals surface area contributed by atoms with Crippen LogP contribution in [-0.4, -0.2) is 28.8 Å². The van der Waals surface area contributed by atoms with Gasteiger partial charge in [0.25, 0.3) is 12.3 Å². The molecule has 0 aliphatic heterocycles. The van der Waals surface area contributed by atoms with E-state index in [1.54, 1.807) is 6.92 Å². The summed E-state index contributed by atoms with van der Waals surface area (Å²) >= 11 is 18.1. The second-order valence-corrected chi connectivity index (χ2v) is 6.87. The molecule has 1 aromatic heterocycles. The smallest absolute Gasteiger partial charge is 0.280 e. The number of aryl methyl sites for hydroxylation is 1. The molecule has 10 heteroatoms. The van der Waals surface area contributed by atoms with Crippen molar-refractivity contribution in [2.45, 2.75) is 25.8 Å². The number of amides is 1. The van der Waals surface area contributed by atoms with Gasteiger partial charge >= 0.3 is 0 Å². The first-order valence-corrected chi connectivity index (χ1v) is 8.62. The first-order valence-electron chi connectivity index (χ1n) is 7.49. The minimum Gasteiger partial charge on any atom is -0.479 e. The summed E-state index contributed by atoms with van der Waals surface area (Å²) in [7, 11) is 2.57.